The smallest absolute Gasteiger partial charge is 0.268 e. The minimum atomic E-state index is -0.638. The van der Waals surface area contributed by atoms with E-state index in [2.05, 4.69) is 15.3 Å². The number of nitrogens with zero attached hydrogens (tertiary/aromatic N) is 3. The molecule has 1 unspecified atom stereocenters. The van der Waals surface area contributed by atoms with E-state index in [0.29, 0.717) is 16.6 Å². The predicted octanol–water partition coefficient (Wildman–Crippen LogP) is 3.27. The molecule has 2 amide bonds. The number of fused-ring (bicyclic) bond motifs is 1. The molecular formula is C20H18N4O3S. The maximum absolute atomic E-state index is 12.6. The fourth-order valence-electron chi connectivity index (χ4n) is 3.01. The normalized spacial score (nSPS) is 15.7. The Kier molecular flexibility index (Phi) is 4.79. The third-order valence-electron chi connectivity index (χ3n) is 4.32. The van der Waals surface area contributed by atoms with Gasteiger partial charge in [0.15, 0.2) is 11.2 Å². The van der Waals surface area contributed by atoms with Crippen molar-refractivity contribution in [1.82, 2.24) is 9.97 Å². The Morgan fingerprint density at radius 2 is 2.04 bits per heavy atom. The van der Waals surface area contributed by atoms with Crippen molar-refractivity contribution in [1.29, 1.82) is 0 Å². The van der Waals surface area contributed by atoms with Gasteiger partial charge in [0.2, 0.25) is 5.91 Å². The highest BCUT2D eigenvalue weighted by atomic mass is 32.1. The SMILES string of the molecule is Cc1nc(NC(=O)CN2C(=O)C(C)Oc3ccccc32)sc1-c1ccccn1. The van der Waals surface area contributed by atoms with Crippen molar-refractivity contribution in [3.8, 4) is 16.3 Å². The first-order chi connectivity index (χ1) is 13.5. The predicted molar refractivity (Wildman–Crippen MR) is 108 cm³/mol. The fraction of sp³-hybridized carbons (Fsp3) is 0.200. The summed E-state index contributed by atoms with van der Waals surface area (Å²) in [6.45, 7) is 3.44. The number of rotatable bonds is 4. The van der Waals surface area contributed by atoms with Gasteiger partial charge >= 0.3 is 0 Å². The minimum Gasteiger partial charge on any atom is -0.479 e. The maximum Gasteiger partial charge on any atom is 0.268 e. The molecule has 1 aliphatic rings. The molecule has 3 aromatic rings. The van der Waals surface area contributed by atoms with Gasteiger partial charge in [-0.1, -0.05) is 29.5 Å². The molecule has 8 heteroatoms. The summed E-state index contributed by atoms with van der Waals surface area (Å²) < 4.78 is 5.60. The number of ether oxygens (including phenoxy) is 1. The number of hydrogen-bond donors (Lipinski definition) is 1. The number of carbonyl (C=O) groups is 2. The lowest BCUT2D eigenvalue weighted by molar-refractivity contribution is -0.127. The van der Waals surface area contributed by atoms with Gasteiger partial charge in [-0.2, -0.15) is 0 Å². The molecule has 0 fully saturated rings. The van der Waals surface area contributed by atoms with E-state index in [-0.39, 0.29) is 18.4 Å². The number of aryl methyl sites for hydroxylation is 1. The molecule has 142 valence electrons. The van der Waals surface area contributed by atoms with Crippen molar-refractivity contribution < 1.29 is 14.3 Å². The molecule has 1 atom stereocenters. The van der Waals surface area contributed by atoms with Crippen molar-refractivity contribution in [2.75, 3.05) is 16.8 Å². The molecule has 1 N–H and O–H groups in total. The first-order valence-electron chi connectivity index (χ1n) is 8.78. The van der Waals surface area contributed by atoms with Crippen LogP contribution >= 0.6 is 11.3 Å². The molecule has 1 aromatic carbocycles. The van der Waals surface area contributed by atoms with Crippen LogP contribution in [0.25, 0.3) is 10.6 Å². The van der Waals surface area contributed by atoms with E-state index in [4.69, 9.17) is 4.74 Å². The molecule has 0 radical (unpaired) electrons. The molecule has 0 saturated carbocycles. The lowest BCUT2D eigenvalue weighted by Gasteiger charge is -2.32. The summed E-state index contributed by atoms with van der Waals surface area (Å²) in [7, 11) is 0. The summed E-state index contributed by atoms with van der Waals surface area (Å²) in [5, 5.41) is 3.27. The molecule has 2 aromatic heterocycles. The van der Waals surface area contributed by atoms with E-state index in [9.17, 15) is 9.59 Å². The summed E-state index contributed by atoms with van der Waals surface area (Å²) >= 11 is 1.36. The van der Waals surface area contributed by atoms with Gasteiger partial charge in [-0.05, 0) is 38.1 Å². The average Bonchev–Trinajstić information content (AvgIpc) is 3.06. The molecule has 1 aliphatic heterocycles. The first-order valence-corrected chi connectivity index (χ1v) is 9.60. The highest BCUT2D eigenvalue weighted by molar-refractivity contribution is 7.19. The van der Waals surface area contributed by atoms with Crippen LogP contribution in [-0.4, -0.2) is 34.4 Å². The Bertz CT molecular complexity index is 1030. The van der Waals surface area contributed by atoms with Gasteiger partial charge < -0.3 is 10.1 Å². The van der Waals surface area contributed by atoms with Gasteiger partial charge in [0.1, 0.15) is 12.3 Å². The highest BCUT2D eigenvalue weighted by Crippen LogP contribution is 2.34. The molecule has 0 spiro atoms. The van der Waals surface area contributed by atoms with Crippen LogP contribution < -0.4 is 15.0 Å². The van der Waals surface area contributed by atoms with Gasteiger partial charge in [-0.15, -0.1) is 0 Å². The minimum absolute atomic E-state index is 0.110. The Balaban J connectivity index is 1.52. The number of thiazole rings is 1. The number of hydrogen-bond acceptors (Lipinski definition) is 6. The van der Waals surface area contributed by atoms with Crippen molar-refractivity contribution in [3.05, 3.63) is 54.4 Å². The Morgan fingerprint density at radius 3 is 2.82 bits per heavy atom. The average molecular weight is 394 g/mol. The number of aromatic nitrogens is 2. The number of carbonyl (C=O) groups excluding carboxylic acids is 2. The second-order valence-electron chi connectivity index (χ2n) is 6.35. The third kappa shape index (κ3) is 3.46. The number of benzene rings is 1. The Labute approximate surface area is 166 Å². The quantitative estimate of drug-likeness (QED) is 0.734. The topological polar surface area (TPSA) is 84.4 Å². The van der Waals surface area contributed by atoms with E-state index in [1.54, 1.807) is 31.3 Å². The summed E-state index contributed by atoms with van der Waals surface area (Å²) in [6, 6.07) is 12.8. The van der Waals surface area contributed by atoms with Gasteiger partial charge in [0, 0.05) is 6.20 Å². The van der Waals surface area contributed by atoms with Crippen LogP contribution in [0, 0.1) is 6.92 Å². The van der Waals surface area contributed by atoms with Crippen LogP contribution in [-0.2, 0) is 9.59 Å². The summed E-state index contributed by atoms with van der Waals surface area (Å²) in [5.41, 5.74) is 2.19. The van der Waals surface area contributed by atoms with E-state index in [0.717, 1.165) is 16.3 Å². The first kappa shape index (κ1) is 18.1. The molecule has 3 heterocycles. The molecule has 0 saturated heterocycles. The van der Waals surface area contributed by atoms with Crippen molar-refractivity contribution >= 4 is 34.0 Å². The molecule has 0 bridgehead atoms. The van der Waals surface area contributed by atoms with Crippen LogP contribution in [0.1, 0.15) is 12.6 Å². The zero-order chi connectivity index (χ0) is 19.7. The zero-order valence-corrected chi connectivity index (χ0v) is 16.2. The second kappa shape index (κ2) is 7.40. The third-order valence-corrected chi connectivity index (χ3v) is 5.41. The van der Waals surface area contributed by atoms with Crippen LogP contribution in [0.15, 0.2) is 48.7 Å². The maximum atomic E-state index is 12.6. The van der Waals surface area contributed by atoms with E-state index in [1.165, 1.54) is 16.2 Å². The fourth-order valence-corrected chi connectivity index (χ4v) is 3.97. The van der Waals surface area contributed by atoms with Crippen LogP contribution in [0.2, 0.25) is 0 Å². The monoisotopic (exact) mass is 394 g/mol. The summed E-state index contributed by atoms with van der Waals surface area (Å²) in [4.78, 5) is 36.2. The van der Waals surface area contributed by atoms with Crippen molar-refractivity contribution in [2.24, 2.45) is 0 Å². The Hall–Kier alpha value is -3.26. The van der Waals surface area contributed by atoms with Gasteiger partial charge in [-0.25, -0.2) is 4.98 Å². The van der Waals surface area contributed by atoms with Gasteiger partial charge in [0.25, 0.3) is 5.91 Å². The summed E-state index contributed by atoms with van der Waals surface area (Å²) in [6.07, 6.45) is 1.08. The van der Waals surface area contributed by atoms with Crippen molar-refractivity contribution in [2.45, 2.75) is 20.0 Å². The summed E-state index contributed by atoms with van der Waals surface area (Å²) in [5.74, 6) is 0.0156. The van der Waals surface area contributed by atoms with E-state index in [1.807, 2.05) is 31.2 Å². The highest BCUT2D eigenvalue weighted by Gasteiger charge is 2.32. The van der Waals surface area contributed by atoms with Crippen LogP contribution in [0.3, 0.4) is 0 Å². The van der Waals surface area contributed by atoms with Crippen LogP contribution in [0.5, 0.6) is 5.75 Å². The largest absolute Gasteiger partial charge is 0.479 e. The lowest BCUT2D eigenvalue weighted by atomic mass is 10.2. The molecule has 7 nitrogen and oxygen atoms in total. The Morgan fingerprint density at radius 1 is 1.25 bits per heavy atom. The van der Waals surface area contributed by atoms with E-state index < -0.39 is 6.10 Å². The molecular weight excluding hydrogens is 376 g/mol. The number of amides is 2. The van der Waals surface area contributed by atoms with Crippen LogP contribution in [0.4, 0.5) is 10.8 Å². The number of pyridine rings is 1. The van der Waals surface area contributed by atoms with E-state index >= 15 is 0 Å². The zero-order valence-electron chi connectivity index (χ0n) is 15.4. The molecule has 0 aliphatic carbocycles. The lowest BCUT2D eigenvalue weighted by Crippen LogP contribution is -2.47. The second-order valence-corrected chi connectivity index (χ2v) is 7.35. The molecule has 28 heavy (non-hydrogen) atoms. The van der Waals surface area contributed by atoms with Crippen molar-refractivity contribution in [3.63, 3.8) is 0 Å². The standard InChI is InChI=1S/C20H18N4O3S/c1-12-18(14-7-5-6-10-21-14)28-20(22-12)23-17(25)11-24-15-8-3-4-9-16(15)27-13(2)19(24)26/h3-10,13H,11H2,1-2H3,(H,22,23,25). The molecule has 4 rings (SSSR count). The van der Waals surface area contributed by atoms with Gasteiger partial charge in [0.05, 0.1) is 22.0 Å². The number of nitrogens with one attached hydrogen (secondary N) is 1. The number of para-hydroxylation sites is 2. The van der Waals surface area contributed by atoms with Gasteiger partial charge in [-0.3, -0.25) is 19.5 Å². The number of anilines is 2.